The third-order valence-corrected chi connectivity index (χ3v) is 5.97. The summed E-state index contributed by atoms with van der Waals surface area (Å²) < 4.78 is 1.16. The van der Waals surface area contributed by atoms with Crippen LogP contribution in [-0.2, 0) is 0 Å². The topological polar surface area (TPSA) is 32.5 Å². The fourth-order valence-corrected chi connectivity index (χ4v) is 3.69. The number of nitrogens with two attached hydrogens (primary N) is 1. The van der Waals surface area contributed by atoms with Crippen molar-refractivity contribution in [2.75, 3.05) is 34.2 Å². The van der Waals surface area contributed by atoms with Crippen LogP contribution in [0, 0.1) is 6.92 Å². The first kappa shape index (κ1) is 16.9. The summed E-state index contributed by atoms with van der Waals surface area (Å²) in [6.45, 7) is 3.84. The molecule has 1 saturated carbocycles. The molecule has 0 aromatic heterocycles. The lowest BCUT2D eigenvalue weighted by Crippen LogP contribution is -2.57. The second-order valence-electron chi connectivity index (χ2n) is 6.65. The largest absolute Gasteiger partial charge is 0.329 e. The molecule has 0 aliphatic heterocycles. The SMILES string of the molecule is Cc1ccc(C(CN)N(C)CC2(N(C)C)CCC2)cc1Br. The van der Waals surface area contributed by atoms with Crippen molar-refractivity contribution in [1.82, 2.24) is 9.80 Å². The maximum absolute atomic E-state index is 6.08. The van der Waals surface area contributed by atoms with E-state index in [0.29, 0.717) is 12.1 Å². The molecule has 0 saturated heterocycles. The molecule has 1 atom stereocenters. The first-order valence-electron chi connectivity index (χ1n) is 7.73. The van der Waals surface area contributed by atoms with Crippen molar-refractivity contribution < 1.29 is 0 Å². The van der Waals surface area contributed by atoms with E-state index in [0.717, 1.165) is 11.0 Å². The minimum Gasteiger partial charge on any atom is -0.329 e. The van der Waals surface area contributed by atoms with Gasteiger partial charge in [-0.05, 0) is 64.5 Å². The Hall–Kier alpha value is -0.420. The minimum absolute atomic E-state index is 0.277. The summed E-state index contributed by atoms with van der Waals surface area (Å²) in [5.41, 5.74) is 8.98. The van der Waals surface area contributed by atoms with Crippen LogP contribution in [0.4, 0.5) is 0 Å². The van der Waals surface area contributed by atoms with Gasteiger partial charge in [0.1, 0.15) is 0 Å². The predicted molar refractivity (Wildman–Crippen MR) is 93.6 cm³/mol. The van der Waals surface area contributed by atoms with Crippen LogP contribution in [0.5, 0.6) is 0 Å². The molecular weight excluding hydrogens is 326 g/mol. The van der Waals surface area contributed by atoms with Crippen LogP contribution in [0.2, 0.25) is 0 Å². The molecular formula is C17H28BrN3. The zero-order chi connectivity index (χ0) is 15.6. The molecule has 118 valence electrons. The smallest absolute Gasteiger partial charge is 0.0468 e. The summed E-state index contributed by atoms with van der Waals surface area (Å²) in [4.78, 5) is 4.82. The molecule has 1 aromatic rings. The van der Waals surface area contributed by atoms with Crippen molar-refractivity contribution in [3.8, 4) is 0 Å². The normalized spacial score (nSPS) is 18.9. The highest BCUT2D eigenvalue weighted by atomic mass is 79.9. The summed E-state index contributed by atoms with van der Waals surface area (Å²) in [6, 6.07) is 6.87. The summed E-state index contributed by atoms with van der Waals surface area (Å²) in [6.07, 6.45) is 3.92. The number of benzene rings is 1. The van der Waals surface area contributed by atoms with Gasteiger partial charge in [-0.1, -0.05) is 28.1 Å². The van der Waals surface area contributed by atoms with Crippen molar-refractivity contribution in [1.29, 1.82) is 0 Å². The quantitative estimate of drug-likeness (QED) is 0.852. The average Bonchev–Trinajstić information content (AvgIpc) is 2.38. The zero-order valence-corrected chi connectivity index (χ0v) is 15.3. The summed E-state index contributed by atoms with van der Waals surface area (Å²) in [7, 11) is 6.61. The lowest BCUT2D eigenvalue weighted by Gasteiger charge is -2.50. The molecule has 0 spiro atoms. The zero-order valence-electron chi connectivity index (χ0n) is 13.7. The lowest BCUT2D eigenvalue weighted by atomic mass is 9.75. The van der Waals surface area contributed by atoms with Gasteiger partial charge in [0.25, 0.3) is 0 Å². The molecule has 1 aromatic carbocycles. The molecule has 3 nitrogen and oxygen atoms in total. The van der Waals surface area contributed by atoms with Crippen LogP contribution in [0.3, 0.4) is 0 Å². The Labute approximate surface area is 137 Å². The Morgan fingerprint density at radius 1 is 1.29 bits per heavy atom. The van der Waals surface area contributed by atoms with E-state index in [1.165, 1.54) is 30.4 Å². The van der Waals surface area contributed by atoms with E-state index in [-0.39, 0.29) is 6.04 Å². The van der Waals surface area contributed by atoms with Crippen molar-refractivity contribution in [2.45, 2.75) is 37.8 Å². The van der Waals surface area contributed by atoms with Gasteiger partial charge >= 0.3 is 0 Å². The Balaban J connectivity index is 2.14. The standard InChI is InChI=1S/C17H28BrN3/c1-13-6-7-14(10-15(13)18)16(11-19)21(4)12-17(20(2)3)8-5-9-17/h6-7,10,16H,5,8-9,11-12,19H2,1-4H3. The van der Waals surface area contributed by atoms with E-state index in [1.807, 2.05) is 0 Å². The molecule has 2 rings (SSSR count). The minimum atomic E-state index is 0.277. The van der Waals surface area contributed by atoms with Gasteiger partial charge in [0.05, 0.1) is 0 Å². The van der Waals surface area contributed by atoms with Crippen molar-refractivity contribution in [2.24, 2.45) is 5.73 Å². The maximum atomic E-state index is 6.08. The number of halogens is 1. The van der Waals surface area contributed by atoms with E-state index in [4.69, 9.17) is 5.73 Å². The number of hydrogen-bond acceptors (Lipinski definition) is 3. The summed E-state index contributed by atoms with van der Waals surface area (Å²) >= 11 is 3.63. The Morgan fingerprint density at radius 2 is 1.95 bits per heavy atom. The molecule has 1 unspecified atom stereocenters. The van der Waals surface area contributed by atoms with Gasteiger partial charge in [-0.3, -0.25) is 4.90 Å². The first-order valence-corrected chi connectivity index (χ1v) is 8.53. The van der Waals surface area contributed by atoms with Crippen LogP contribution in [0.25, 0.3) is 0 Å². The number of aryl methyl sites for hydroxylation is 1. The van der Waals surface area contributed by atoms with E-state index < -0.39 is 0 Å². The van der Waals surface area contributed by atoms with Crippen molar-refractivity contribution in [3.05, 3.63) is 33.8 Å². The number of rotatable bonds is 6. The molecule has 2 N–H and O–H groups in total. The Morgan fingerprint density at radius 3 is 2.38 bits per heavy atom. The molecule has 21 heavy (non-hydrogen) atoms. The van der Waals surface area contributed by atoms with Crippen LogP contribution >= 0.6 is 15.9 Å². The second-order valence-corrected chi connectivity index (χ2v) is 7.50. The monoisotopic (exact) mass is 353 g/mol. The van der Waals surface area contributed by atoms with Gasteiger partial charge in [0.15, 0.2) is 0 Å². The van der Waals surface area contributed by atoms with Gasteiger partial charge in [-0.25, -0.2) is 0 Å². The van der Waals surface area contributed by atoms with E-state index in [1.54, 1.807) is 0 Å². The first-order chi connectivity index (χ1) is 9.89. The highest BCUT2D eigenvalue weighted by Crippen LogP contribution is 2.38. The van der Waals surface area contributed by atoms with Gasteiger partial charge in [0.2, 0.25) is 0 Å². The third-order valence-electron chi connectivity index (χ3n) is 5.11. The second kappa shape index (κ2) is 6.78. The summed E-state index contributed by atoms with van der Waals surface area (Å²) in [5, 5.41) is 0. The maximum Gasteiger partial charge on any atom is 0.0468 e. The van der Waals surface area contributed by atoms with Gasteiger partial charge in [-0.2, -0.15) is 0 Å². The number of likely N-dealkylation sites (N-methyl/N-ethyl adjacent to an activating group) is 2. The third kappa shape index (κ3) is 3.50. The molecule has 0 heterocycles. The predicted octanol–water partition coefficient (Wildman–Crippen LogP) is 3.17. The van der Waals surface area contributed by atoms with Crippen LogP contribution in [0.1, 0.15) is 36.4 Å². The van der Waals surface area contributed by atoms with Crippen LogP contribution in [-0.4, -0.2) is 49.6 Å². The lowest BCUT2D eigenvalue weighted by molar-refractivity contribution is 0.0168. The highest BCUT2D eigenvalue weighted by Gasteiger charge is 2.40. The molecule has 1 aliphatic carbocycles. The van der Waals surface area contributed by atoms with Gasteiger partial charge < -0.3 is 10.6 Å². The Kier molecular flexibility index (Phi) is 5.47. The molecule has 1 fully saturated rings. The van der Waals surface area contributed by atoms with Crippen molar-refractivity contribution in [3.63, 3.8) is 0 Å². The highest BCUT2D eigenvalue weighted by molar-refractivity contribution is 9.10. The average molecular weight is 354 g/mol. The van der Waals surface area contributed by atoms with Crippen LogP contribution in [0.15, 0.2) is 22.7 Å². The number of nitrogens with zero attached hydrogens (tertiary/aromatic N) is 2. The molecule has 0 bridgehead atoms. The van der Waals surface area contributed by atoms with Gasteiger partial charge in [0, 0.05) is 29.1 Å². The summed E-state index contributed by atoms with van der Waals surface area (Å²) in [5.74, 6) is 0. The molecule has 0 amide bonds. The molecule has 4 heteroatoms. The van der Waals surface area contributed by atoms with E-state index in [2.05, 4.69) is 72.0 Å². The fraction of sp³-hybridized carbons (Fsp3) is 0.647. The van der Waals surface area contributed by atoms with Crippen molar-refractivity contribution >= 4 is 15.9 Å². The number of hydrogen-bond donors (Lipinski definition) is 1. The van der Waals surface area contributed by atoms with E-state index in [9.17, 15) is 0 Å². The Bertz CT molecular complexity index is 483. The molecule has 0 radical (unpaired) electrons. The van der Waals surface area contributed by atoms with Crippen LogP contribution < -0.4 is 5.73 Å². The van der Waals surface area contributed by atoms with E-state index >= 15 is 0 Å². The molecule has 1 aliphatic rings. The fourth-order valence-electron chi connectivity index (χ4n) is 3.29. The van der Waals surface area contributed by atoms with Gasteiger partial charge in [-0.15, -0.1) is 0 Å².